The Morgan fingerprint density at radius 3 is 1.88 bits per heavy atom. The topological polar surface area (TPSA) is 60.3 Å². The highest BCUT2D eigenvalue weighted by atomic mass is 16.5. The molecule has 0 atom stereocenters. The van der Waals surface area contributed by atoms with Crippen molar-refractivity contribution < 1.29 is 14.3 Å². The lowest BCUT2D eigenvalue weighted by Crippen LogP contribution is -2.12. The molecule has 1 aromatic heterocycles. The molecule has 0 aliphatic heterocycles. The molecule has 0 aliphatic carbocycles. The van der Waals surface area contributed by atoms with Gasteiger partial charge in [0.1, 0.15) is 0 Å². The van der Waals surface area contributed by atoms with Crippen molar-refractivity contribution in [1.82, 2.24) is 4.57 Å². The number of methoxy groups -OCH3 is 1. The van der Waals surface area contributed by atoms with Crippen molar-refractivity contribution in [3.8, 4) is 5.69 Å². The third-order valence-corrected chi connectivity index (χ3v) is 4.22. The van der Waals surface area contributed by atoms with Gasteiger partial charge < -0.3 is 14.6 Å². The van der Waals surface area contributed by atoms with Crippen molar-refractivity contribution in [3.05, 3.63) is 83.2 Å². The van der Waals surface area contributed by atoms with Gasteiger partial charge in [0.05, 0.1) is 12.7 Å². The molecule has 1 heterocycles. The van der Waals surface area contributed by atoms with Crippen LogP contribution >= 0.6 is 0 Å². The standard InChI is InChI=1S/C21H20N2O3/c1-14-4-5-15(2)23(14)19-12-10-18(11-13-19)22-20(24)16-6-8-17(9-7-16)21(25)26-3/h4-13H,1-3H3,(H,22,24). The summed E-state index contributed by atoms with van der Waals surface area (Å²) >= 11 is 0. The number of anilines is 1. The summed E-state index contributed by atoms with van der Waals surface area (Å²) in [5.41, 5.74) is 4.95. The Morgan fingerprint density at radius 2 is 1.35 bits per heavy atom. The van der Waals surface area contributed by atoms with E-state index in [1.165, 1.54) is 7.11 Å². The molecule has 1 N–H and O–H groups in total. The van der Waals surface area contributed by atoms with E-state index in [-0.39, 0.29) is 5.91 Å². The largest absolute Gasteiger partial charge is 0.465 e. The number of carbonyl (C=O) groups is 2. The molecule has 0 fully saturated rings. The average molecular weight is 348 g/mol. The quantitative estimate of drug-likeness (QED) is 0.721. The number of aromatic nitrogens is 1. The maximum Gasteiger partial charge on any atom is 0.337 e. The Labute approximate surface area is 152 Å². The van der Waals surface area contributed by atoms with Gasteiger partial charge in [-0.3, -0.25) is 4.79 Å². The third kappa shape index (κ3) is 3.52. The summed E-state index contributed by atoms with van der Waals surface area (Å²) in [6.07, 6.45) is 0. The van der Waals surface area contributed by atoms with Gasteiger partial charge in [0.15, 0.2) is 0 Å². The van der Waals surface area contributed by atoms with Gasteiger partial charge in [0.25, 0.3) is 5.91 Å². The van der Waals surface area contributed by atoms with Crippen LogP contribution in [0.3, 0.4) is 0 Å². The summed E-state index contributed by atoms with van der Waals surface area (Å²) in [6.45, 7) is 4.11. The van der Waals surface area contributed by atoms with E-state index >= 15 is 0 Å². The fraction of sp³-hybridized carbons (Fsp3) is 0.143. The first-order valence-corrected chi connectivity index (χ1v) is 8.24. The Kier molecular flexibility index (Phi) is 4.89. The first-order chi connectivity index (χ1) is 12.5. The van der Waals surface area contributed by atoms with Gasteiger partial charge in [-0.05, 0) is 74.5 Å². The van der Waals surface area contributed by atoms with Gasteiger partial charge in [-0.2, -0.15) is 0 Å². The van der Waals surface area contributed by atoms with Crippen LogP contribution in [-0.2, 0) is 4.74 Å². The minimum Gasteiger partial charge on any atom is -0.465 e. The zero-order chi connectivity index (χ0) is 18.7. The van der Waals surface area contributed by atoms with Crippen LogP contribution in [0.4, 0.5) is 5.69 Å². The van der Waals surface area contributed by atoms with Crippen molar-refractivity contribution in [3.63, 3.8) is 0 Å². The van der Waals surface area contributed by atoms with Gasteiger partial charge >= 0.3 is 5.97 Å². The molecule has 0 saturated carbocycles. The Hall–Kier alpha value is -3.34. The second kappa shape index (κ2) is 7.27. The second-order valence-corrected chi connectivity index (χ2v) is 6.02. The SMILES string of the molecule is COC(=O)c1ccc(C(=O)Nc2ccc(-n3c(C)ccc3C)cc2)cc1. The Morgan fingerprint density at radius 1 is 0.808 bits per heavy atom. The van der Waals surface area contributed by atoms with Crippen LogP contribution in [0, 0.1) is 13.8 Å². The molecule has 0 aliphatic rings. The van der Waals surface area contributed by atoms with E-state index < -0.39 is 5.97 Å². The molecule has 26 heavy (non-hydrogen) atoms. The summed E-state index contributed by atoms with van der Waals surface area (Å²) in [6, 6.07) is 18.2. The van der Waals surface area contributed by atoms with Crippen LogP contribution in [-0.4, -0.2) is 23.6 Å². The first kappa shape index (κ1) is 17.5. The first-order valence-electron chi connectivity index (χ1n) is 8.24. The predicted molar refractivity (Wildman–Crippen MR) is 101 cm³/mol. The minimum atomic E-state index is -0.428. The predicted octanol–water partition coefficient (Wildman–Crippen LogP) is 4.13. The number of nitrogens with zero attached hydrogens (tertiary/aromatic N) is 1. The Balaban J connectivity index is 1.73. The van der Waals surface area contributed by atoms with Gasteiger partial charge in [-0.1, -0.05) is 0 Å². The summed E-state index contributed by atoms with van der Waals surface area (Å²) in [4.78, 5) is 23.8. The zero-order valence-electron chi connectivity index (χ0n) is 14.9. The molecule has 0 radical (unpaired) electrons. The number of hydrogen-bond acceptors (Lipinski definition) is 3. The number of ether oxygens (including phenoxy) is 1. The number of esters is 1. The summed E-state index contributed by atoms with van der Waals surface area (Å²) < 4.78 is 6.80. The summed E-state index contributed by atoms with van der Waals surface area (Å²) in [7, 11) is 1.32. The Bertz CT molecular complexity index is 919. The molecule has 0 unspecified atom stereocenters. The number of benzene rings is 2. The molecule has 2 aromatic carbocycles. The van der Waals surface area contributed by atoms with Crippen LogP contribution < -0.4 is 5.32 Å². The van der Waals surface area contributed by atoms with Crippen molar-refractivity contribution in [2.75, 3.05) is 12.4 Å². The van der Waals surface area contributed by atoms with Gasteiger partial charge in [0.2, 0.25) is 0 Å². The van der Waals surface area contributed by atoms with Crippen molar-refractivity contribution in [2.45, 2.75) is 13.8 Å². The van der Waals surface area contributed by atoms with Crippen LogP contribution in [0.2, 0.25) is 0 Å². The average Bonchev–Trinajstić information content (AvgIpc) is 3.00. The van der Waals surface area contributed by atoms with Gasteiger partial charge in [-0.25, -0.2) is 4.79 Å². The number of hydrogen-bond donors (Lipinski definition) is 1. The summed E-state index contributed by atoms with van der Waals surface area (Å²) in [5.74, 6) is -0.661. The molecule has 0 saturated heterocycles. The van der Waals surface area contributed by atoms with Gasteiger partial charge in [0, 0.05) is 28.3 Å². The molecule has 0 spiro atoms. The molecule has 1 amide bonds. The third-order valence-electron chi connectivity index (χ3n) is 4.22. The zero-order valence-corrected chi connectivity index (χ0v) is 14.9. The fourth-order valence-corrected chi connectivity index (χ4v) is 2.85. The van der Waals surface area contributed by atoms with E-state index in [0.29, 0.717) is 16.8 Å². The molecule has 3 rings (SSSR count). The molecule has 5 heteroatoms. The molecule has 0 bridgehead atoms. The lowest BCUT2D eigenvalue weighted by molar-refractivity contribution is 0.0600. The normalized spacial score (nSPS) is 10.4. The number of nitrogens with one attached hydrogen (secondary N) is 1. The van der Waals surface area contributed by atoms with E-state index in [1.807, 2.05) is 24.3 Å². The highest BCUT2D eigenvalue weighted by Gasteiger charge is 2.10. The highest BCUT2D eigenvalue weighted by molar-refractivity contribution is 6.04. The molecular formula is C21H20N2O3. The monoisotopic (exact) mass is 348 g/mol. The molecule has 3 aromatic rings. The van der Waals surface area contributed by atoms with E-state index in [9.17, 15) is 9.59 Å². The van der Waals surface area contributed by atoms with E-state index in [2.05, 4.69) is 40.6 Å². The van der Waals surface area contributed by atoms with Crippen LogP contribution in [0.5, 0.6) is 0 Å². The number of rotatable bonds is 4. The molecule has 5 nitrogen and oxygen atoms in total. The number of aryl methyl sites for hydroxylation is 2. The molecule has 132 valence electrons. The van der Waals surface area contributed by atoms with Crippen LogP contribution in [0.1, 0.15) is 32.1 Å². The van der Waals surface area contributed by atoms with Gasteiger partial charge in [-0.15, -0.1) is 0 Å². The van der Waals surface area contributed by atoms with Crippen LogP contribution in [0.15, 0.2) is 60.7 Å². The van der Waals surface area contributed by atoms with Crippen molar-refractivity contribution in [2.24, 2.45) is 0 Å². The summed E-state index contributed by atoms with van der Waals surface area (Å²) in [5, 5.41) is 2.86. The number of carbonyl (C=O) groups excluding carboxylic acids is 2. The van der Waals surface area contributed by atoms with E-state index in [4.69, 9.17) is 0 Å². The fourth-order valence-electron chi connectivity index (χ4n) is 2.85. The smallest absolute Gasteiger partial charge is 0.337 e. The van der Waals surface area contributed by atoms with E-state index in [0.717, 1.165) is 17.1 Å². The number of amides is 1. The van der Waals surface area contributed by atoms with Crippen molar-refractivity contribution in [1.29, 1.82) is 0 Å². The van der Waals surface area contributed by atoms with E-state index in [1.54, 1.807) is 24.3 Å². The lowest BCUT2D eigenvalue weighted by Gasteiger charge is -2.11. The second-order valence-electron chi connectivity index (χ2n) is 6.02. The maximum absolute atomic E-state index is 12.4. The lowest BCUT2D eigenvalue weighted by atomic mass is 10.1. The highest BCUT2D eigenvalue weighted by Crippen LogP contribution is 2.19. The minimum absolute atomic E-state index is 0.234. The maximum atomic E-state index is 12.4. The molecular weight excluding hydrogens is 328 g/mol. The van der Waals surface area contributed by atoms with Crippen LogP contribution in [0.25, 0.3) is 5.69 Å². The van der Waals surface area contributed by atoms with Crippen molar-refractivity contribution >= 4 is 17.6 Å².